The van der Waals surface area contributed by atoms with E-state index in [-0.39, 0.29) is 5.41 Å². The predicted molar refractivity (Wildman–Crippen MR) is 147 cm³/mol. The minimum absolute atomic E-state index is 0.126. The van der Waals surface area contributed by atoms with Gasteiger partial charge in [-0.3, -0.25) is 0 Å². The van der Waals surface area contributed by atoms with Crippen LogP contribution in [-0.4, -0.2) is 81.2 Å². The number of hydrogen-bond acceptors (Lipinski definition) is 7. The quantitative estimate of drug-likeness (QED) is 0.568. The summed E-state index contributed by atoms with van der Waals surface area (Å²) in [6.45, 7) is 4.35. The second kappa shape index (κ2) is 10.8. The number of ether oxygens (including phenoxy) is 3. The van der Waals surface area contributed by atoms with Gasteiger partial charge in [-0.2, -0.15) is 0 Å². The van der Waals surface area contributed by atoms with Crippen LogP contribution < -0.4 is 25.0 Å². The molecule has 1 aliphatic carbocycles. The fraction of sp³-hybridized carbons (Fsp3) is 0.556. The molecule has 5 rings (SSSR count). The van der Waals surface area contributed by atoms with Gasteiger partial charge in [-0.25, -0.2) is 4.98 Å². The molecule has 0 bridgehead atoms. The van der Waals surface area contributed by atoms with Crippen molar-refractivity contribution in [2.75, 3.05) is 64.3 Å². The van der Waals surface area contributed by atoms with Gasteiger partial charge in [0.2, 0.25) is 0 Å². The first kappa shape index (κ1) is 25.0. The maximum absolute atomic E-state index is 5.68. The molecule has 0 spiro atoms. The van der Waals surface area contributed by atoms with Gasteiger partial charge < -0.3 is 34.6 Å². The van der Waals surface area contributed by atoms with Crippen LogP contribution in [0.4, 0.5) is 11.5 Å². The zero-order valence-corrected chi connectivity index (χ0v) is 22.3. The van der Waals surface area contributed by atoms with E-state index in [1.54, 1.807) is 14.2 Å². The van der Waals surface area contributed by atoms with Crippen LogP contribution >= 0.6 is 12.2 Å². The van der Waals surface area contributed by atoms with Crippen molar-refractivity contribution in [3.63, 3.8) is 0 Å². The Morgan fingerprint density at radius 1 is 1.08 bits per heavy atom. The molecule has 9 heteroatoms. The third-order valence-corrected chi connectivity index (χ3v) is 8.38. The monoisotopic (exact) mass is 511 g/mol. The molecule has 3 atom stereocenters. The number of pyridine rings is 1. The van der Waals surface area contributed by atoms with Crippen molar-refractivity contribution in [2.24, 2.45) is 0 Å². The molecule has 3 heterocycles. The van der Waals surface area contributed by atoms with Gasteiger partial charge in [-0.15, -0.1) is 0 Å². The molecule has 1 aromatic carbocycles. The molecule has 1 saturated carbocycles. The van der Waals surface area contributed by atoms with E-state index in [1.807, 2.05) is 24.4 Å². The highest BCUT2D eigenvalue weighted by atomic mass is 32.1. The summed E-state index contributed by atoms with van der Waals surface area (Å²) in [5.74, 6) is 2.56. The Morgan fingerprint density at radius 3 is 2.61 bits per heavy atom. The zero-order valence-electron chi connectivity index (χ0n) is 21.5. The Bertz CT molecular complexity index is 1060. The van der Waals surface area contributed by atoms with Crippen molar-refractivity contribution in [2.45, 2.75) is 43.2 Å². The van der Waals surface area contributed by atoms with Gasteiger partial charge in [-0.05, 0) is 81.3 Å². The van der Waals surface area contributed by atoms with Crippen LogP contribution in [0.15, 0.2) is 36.5 Å². The van der Waals surface area contributed by atoms with E-state index in [1.165, 1.54) is 5.56 Å². The number of nitrogens with one attached hydrogen (secondary N) is 2. The topological polar surface area (TPSA) is 71.1 Å². The van der Waals surface area contributed by atoms with Gasteiger partial charge in [0.1, 0.15) is 5.82 Å². The highest BCUT2D eigenvalue weighted by molar-refractivity contribution is 7.80. The third-order valence-electron chi connectivity index (χ3n) is 8.16. The van der Waals surface area contributed by atoms with Crippen LogP contribution in [0.5, 0.6) is 11.5 Å². The second-order valence-corrected chi connectivity index (χ2v) is 10.5. The minimum Gasteiger partial charge on any atom is -0.493 e. The number of methoxy groups -OCH3 is 2. The number of morpholine rings is 1. The van der Waals surface area contributed by atoms with Gasteiger partial charge in [0.05, 0.1) is 39.3 Å². The molecular weight excluding hydrogens is 474 g/mol. The number of rotatable bonds is 6. The molecule has 2 aliphatic heterocycles. The molecule has 3 fully saturated rings. The second-order valence-electron chi connectivity index (χ2n) is 10.0. The largest absolute Gasteiger partial charge is 0.493 e. The number of fused-ring (bicyclic) bond motifs is 1. The van der Waals surface area contributed by atoms with Gasteiger partial charge in [0.15, 0.2) is 16.6 Å². The molecule has 3 aliphatic rings. The van der Waals surface area contributed by atoms with Crippen molar-refractivity contribution in [3.05, 3.63) is 42.1 Å². The lowest BCUT2D eigenvalue weighted by Crippen LogP contribution is -2.52. The summed E-state index contributed by atoms with van der Waals surface area (Å²) in [7, 11) is 5.64. The number of nitrogens with zero attached hydrogens (tertiary/aromatic N) is 3. The lowest BCUT2D eigenvalue weighted by atomic mass is 9.65. The lowest BCUT2D eigenvalue weighted by molar-refractivity contribution is 0.122. The Labute approximate surface area is 219 Å². The third kappa shape index (κ3) is 4.96. The van der Waals surface area contributed by atoms with E-state index < -0.39 is 0 Å². The molecule has 2 aromatic rings. The number of aromatic nitrogens is 1. The Balaban J connectivity index is 1.22. The lowest BCUT2D eigenvalue weighted by Gasteiger charge is -2.45. The van der Waals surface area contributed by atoms with E-state index >= 15 is 0 Å². The zero-order chi connectivity index (χ0) is 25.1. The first-order valence-electron chi connectivity index (χ1n) is 12.8. The SMILES string of the molecule is COc1ccc(C23CCC(NC(=S)Nc4ccc(N5CCOCC5)nc4)CC2N(C)CC3)cc1OC. The summed E-state index contributed by atoms with van der Waals surface area (Å²) in [5, 5.41) is 7.56. The molecule has 8 nitrogen and oxygen atoms in total. The van der Waals surface area contributed by atoms with Crippen LogP contribution in [0.3, 0.4) is 0 Å². The normalized spacial score (nSPS) is 26.2. The van der Waals surface area contributed by atoms with Crippen LogP contribution in [0.25, 0.3) is 0 Å². The van der Waals surface area contributed by atoms with Crippen molar-refractivity contribution in [3.8, 4) is 11.5 Å². The number of likely N-dealkylation sites (N-methyl/N-ethyl adjacent to an activating group) is 1. The van der Waals surface area contributed by atoms with Crippen molar-refractivity contribution < 1.29 is 14.2 Å². The van der Waals surface area contributed by atoms with Gasteiger partial charge in [-0.1, -0.05) is 6.07 Å². The van der Waals surface area contributed by atoms with E-state index in [0.29, 0.717) is 17.2 Å². The first-order chi connectivity index (χ1) is 17.5. The van der Waals surface area contributed by atoms with Crippen LogP contribution in [0, 0.1) is 0 Å². The fourth-order valence-electron chi connectivity index (χ4n) is 6.19. The van der Waals surface area contributed by atoms with Gasteiger partial charge in [0.25, 0.3) is 0 Å². The van der Waals surface area contributed by atoms with Gasteiger partial charge >= 0.3 is 0 Å². The molecule has 2 N–H and O–H groups in total. The predicted octanol–water partition coefficient (Wildman–Crippen LogP) is 3.42. The highest BCUT2D eigenvalue weighted by Gasteiger charge is 2.50. The Morgan fingerprint density at radius 2 is 1.89 bits per heavy atom. The van der Waals surface area contributed by atoms with Crippen LogP contribution in [0.1, 0.15) is 31.2 Å². The number of likely N-dealkylation sites (tertiary alicyclic amines) is 1. The summed E-state index contributed by atoms with van der Waals surface area (Å²) < 4.78 is 16.5. The molecule has 0 amide bonds. The van der Waals surface area contributed by atoms with Crippen LogP contribution in [0.2, 0.25) is 0 Å². The highest BCUT2D eigenvalue weighted by Crippen LogP contribution is 2.49. The molecule has 0 radical (unpaired) electrons. The average Bonchev–Trinajstić information content (AvgIpc) is 3.26. The molecule has 194 valence electrons. The summed E-state index contributed by atoms with van der Waals surface area (Å²) in [6, 6.07) is 11.3. The molecular formula is C27H37N5O3S. The smallest absolute Gasteiger partial charge is 0.171 e. The van der Waals surface area contributed by atoms with E-state index in [2.05, 4.69) is 44.6 Å². The summed E-state index contributed by atoms with van der Waals surface area (Å²) in [6.07, 6.45) is 6.22. The van der Waals surface area contributed by atoms with Crippen LogP contribution in [-0.2, 0) is 10.2 Å². The van der Waals surface area contributed by atoms with E-state index in [0.717, 1.165) is 81.5 Å². The van der Waals surface area contributed by atoms with Gasteiger partial charge in [0, 0.05) is 30.6 Å². The fourth-order valence-corrected chi connectivity index (χ4v) is 6.47. The molecule has 1 aromatic heterocycles. The maximum atomic E-state index is 5.68. The van der Waals surface area contributed by atoms with E-state index in [4.69, 9.17) is 26.4 Å². The summed E-state index contributed by atoms with van der Waals surface area (Å²) in [5.41, 5.74) is 2.37. The van der Waals surface area contributed by atoms with Crippen molar-refractivity contribution >= 4 is 28.8 Å². The number of hydrogen-bond donors (Lipinski definition) is 2. The first-order valence-corrected chi connectivity index (χ1v) is 13.2. The molecule has 36 heavy (non-hydrogen) atoms. The Hall–Kier alpha value is -2.62. The average molecular weight is 512 g/mol. The molecule has 3 unspecified atom stereocenters. The molecule has 2 saturated heterocycles. The summed E-state index contributed by atoms with van der Waals surface area (Å²) in [4.78, 5) is 9.37. The minimum atomic E-state index is 0.126. The van der Waals surface area contributed by atoms with Crippen molar-refractivity contribution in [1.29, 1.82) is 0 Å². The number of benzene rings is 1. The summed E-state index contributed by atoms with van der Waals surface area (Å²) >= 11 is 5.68. The maximum Gasteiger partial charge on any atom is 0.171 e. The standard InChI is InChI=1S/C27H37N5O3S/c1-31-11-10-27(19-4-6-22(33-2)23(16-19)34-3)9-8-20(17-24(27)31)29-26(36)30-21-5-7-25(28-18-21)32-12-14-35-15-13-32/h4-7,16,18,20,24H,8-15,17H2,1-3H3,(H2,29,30,36). The number of anilines is 2. The number of thiocarbonyl (C=S) groups is 1. The Kier molecular flexibility index (Phi) is 7.50. The van der Waals surface area contributed by atoms with E-state index in [9.17, 15) is 0 Å². The van der Waals surface area contributed by atoms with Crippen molar-refractivity contribution in [1.82, 2.24) is 15.2 Å².